The number of amides is 2. The summed E-state index contributed by atoms with van der Waals surface area (Å²) in [7, 11) is 1.60. The highest BCUT2D eigenvalue weighted by Gasteiger charge is 2.29. The molecule has 0 saturated heterocycles. The number of aryl methyl sites for hydroxylation is 1. The third-order valence-electron chi connectivity index (χ3n) is 4.93. The summed E-state index contributed by atoms with van der Waals surface area (Å²) in [5.74, 6) is 1.25. The topological polar surface area (TPSA) is 67.9 Å². The molecule has 2 aromatic carbocycles. The molecule has 1 atom stereocenters. The van der Waals surface area contributed by atoms with Gasteiger partial charge in [-0.15, -0.1) is 0 Å². The number of ether oxygens (including phenoxy) is 2. The summed E-state index contributed by atoms with van der Waals surface area (Å²) in [6.07, 6.45) is 0.518. The van der Waals surface area contributed by atoms with E-state index in [-0.39, 0.29) is 18.4 Å². The Morgan fingerprint density at radius 3 is 2.32 bits per heavy atom. The lowest BCUT2D eigenvalue weighted by Crippen LogP contribution is -2.50. The molecule has 0 radical (unpaired) electrons. The number of nitrogens with zero attached hydrogens (tertiary/aromatic N) is 1. The van der Waals surface area contributed by atoms with Crippen molar-refractivity contribution in [1.82, 2.24) is 10.2 Å². The van der Waals surface area contributed by atoms with Gasteiger partial charge < -0.3 is 19.7 Å². The van der Waals surface area contributed by atoms with Gasteiger partial charge in [0.15, 0.2) is 6.61 Å². The van der Waals surface area contributed by atoms with Gasteiger partial charge in [0.1, 0.15) is 17.5 Å². The molecule has 6 heteroatoms. The zero-order chi connectivity index (χ0) is 22.8. The standard InChI is InChI=1S/C25H34N2O4/c1-6-23(25(29)26-15-18(2)3)27(16-20-9-7-8-19(4)14-20)24(28)17-31-22-12-10-21(30-5)11-13-22/h7-14,18,23H,6,15-17H2,1-5H3,(H,26,29)/t23-/m0/s1. The van der Waals surface area contributed by atoms with E-state index in [1.54, 1.807) is 36.3 Å². The minimum absolute atomic E-state index is 0.137. The Hall–Kier alpha value is -3.02. The molecular weight excluding hydrogens is 392 g/mol. The molecule has 0 aromatic heterocycles. The predicted octanol–water partition coefficient (Wildman–Crippen LogP) is 3.96. The zero-order valence-corrected chi connectivity index (χ0v) is 19.2. The number of nitrogens with one attached hydrogen (secondary N) is 1. The van der Waals surface area contributed by atoms with Gasteiger partial charge in [-0.1, -0.05) is 50.6 Å². The SMILES string of the molecule is CC[C@@H](C(=O)NCC(C)C)N(Cc1cccc(C)c1)C(=O)COc1ccc(OC)cc1. The molecule has 0 unspecified atom stereocenters. The van der Waals surface area contributed by atoms with Gasteiger partial charge in [-0.25, -0.2) is 0 Å². The lowest BCUT2D eigenvalue weighted by atomic mass is 10.1. The molecule has 1 N–H and O–H groups in total. The van der Waals surface area contributed by atoms with Crippen LogP contribution in [0.25, 0.3) is 0 Å². The lowest BCUT2D eigenvalue weighted by Gasteiger charge is -2.31. The second-order valence-electron chi connectivity index (χ2n) is 8.04. The lowest BCUT2D eigenvalue weighted by molar-refractivity contribution is -0.143. The minimum atomic E-state index is -0.564. The summed E-state index contributed by atoms with van der Waals surface area (Å²) in [6.45, 7) is 8.78. The van der Waals surface area contributed by atoms with E-state index in [1.807, 2.05) is 52.0 Å². The van der Waals surface area contributed by atoms with Crippen LogP contribution in [0.5, 0.6) is 11.5 Å². The summed E-state index contributed by atoms with van der Waals surface area (Å²) >= 11 is 0. The fraction of sp³-hybridized carbons (Fsp3) is 0.440. The first-order valence-corrected chi connectivity index (χ1v) is 10.7. The third kappa shape index (κ3) is 7.63. The van der Waals surface area contributed by atoms with Crippen molar-refractivity contribution < 1.29 is 19.1 Å². The van der Waals surface area contributed by atoms with Crippen LogP contribution in [0, 0.1) is 12.8 Å². The van der Waals surface area contributed by atoms with Gasteiger partial charge in [0.05, 0.1) is 7.11 Å². The molecule has 2 rings (SSSR count). The van der Waals surface area contributed by atoms with Crippen molar-refractivity contribution in [2.75, 3.05) is 20.3 Å². The van der Waals surface area contributed by atoms with Crippen molar-refractivity contribution in [3.63, 3.8) is 0 Å². The summed E-state index contributed by atoms with van der Waals surface area (Å²) in [6, 6.07) is 14.5. The van der Waals surface area contributed by atoms with E-state index in [0.29, 0.717) is 36.9 Å². The summed E-state index contributed by atoms with van der Waals surface area (Å²) < 4.78 is 10.8. The Bertz CT molecular complexity index is 849. The second kappa shape index (κ2) is 12.0. The van der Waals surface area contributed by atoms with Gasteiger partial charge in [-0.2, -0.15) is 0 Å². The van der Waals surface area contributed by atoms with Gasteiger partial charge >= 0.3 is 0 Å². The first-order valence-electron chi connectivity index (χ1n) is 10.7. The van der Waals surface area contributed by atoms with Crippen LogP contribution in [0.15, 0.2) is 48.5 Å². The number of benzene rings is 2. The van der Waals surface area contributed by atoms with Crippen LogP contribution in [0.2, 0.25) is 0 Å². The second-order valence-corrected chi connectivity index (χ2v) is 8.04. The van der Waals surface area contributed by atoms with Crippen LogP contribution in [0.4, 0.5) is 0 Å². The molecular formula is C25H34N2O4. The molecule has 0 aliphatic carbocycles. The first-order chi connectivity index (χ1) is 14.8. The average molecular weight is 427 g/mol. The van der Waals surface area contributed by atoms with E-state index in [2.05, 4.69) is 5.32 Å². The zero-order valence-electron chi connectivity index (χ0n) is 19.2. The van der Waals surface area contributed by atoms with Crippen molar-refractivity contribution in [3.8, 4) is 11.5 Å². The fourth-order valence-corrected chi connectivity index (χ4v) is 3.25. The highest BCUT2D eigenvalue weighted by molar-refractivity contribution is 5.88. The number of hydrogen-bond acceptors (Lipinski definition) is 4. The Kier molecular flexibility index (Phi) is 9.38. The van der Waals surface area contributed by atoms with Crippen LogP contribution in [0.3, 0.4) is 0 Å². The number of carbonyl (C=O) groups excluding carboxylic acids is 2. The summed E-state index contributed by atoms with van der Waals surface area (Å²) in [5, 5.41) is 2.96. The van der Waals surface area contributed by atoms with E-state index in [0.717, 1.165) is 11.1 Å². The molecule has 2 amide bonds. The minimum Gasteiger partial charge on any atom is -0.497 e. The number of carbonyl (C=O) groups is 2. The van der Waals surface area contributed by atoms with Gasteiger partial charge in [-0.05, 0) is 49.1 Å². The third-order valence-corrected chi connectivity index (χ3v) is 4.93. The summed E-state index contributed by atoms with van der Waals surface area (Å²) in [5.41, 5.74) is 2.09. The molecule has 2 aromatic rings. The highest BCUT2D eigenvalue weighted by Crippen LogP contribution is 2.18. The van der Waals surface area contributed by atoms with Crippen LogP contribution < -0.4 is 14.8 Å². The number of rotatable bonds is 11. The average Bonchev–Trinajstić information content (AvgIpc) is 2.76. The van der Waals surface area contributed by atoms with Crippen LogP contribution in [-0.2, 0) is 16.1 Å². The van der Waals surface area contributed by atoms with Gasteiger partial charge in [-0.3, -0.25) is 9.59 Å². The van der Waals surface area contributed by atoms with Gasteiger partial charge in [0, 0.05) is 13.1 Å². The quantitative estimate of drug-likeness (QED) is 0.591. The van der Waals surface area contributed by atoms with Crippen molar-refractivity contribution in [1.29, 1.82) is 0 Å². The van der Waals surface area contributed by atoms with E-state index >= 15 is 0 Å². The molecule has 0 spiro atoms. The monoisotopic (exact) mass is 426 g/mol. The predicted molar refractivity (Wildman–Crippen MR) is 122 cm³/mol. The molecule has 0 aliphatic heterocycles. The Morgan fingerprint density at radius 2 is 1.74 bits per heavy atom. The van der Waals surface area contributed by atoms with Crippen molar-refractivity contribution in [2.24, 2.45) is 5.92 Å². The van der Waals surface area contributed by atoms with E-state index < -0.39 is 6.04 Å². The molecule has 0 heterocycles. The maximum Gasteiger partial charge on any atom is 0.261 e. The van der Waals surface area contributed by atoms with Crippen LogP contribution >= 0.6 is 0 Å². The first kappa shape index (κ1) is 24.3. The molecule has 0 saturated carbocycles. The largest absolute Gasteiger partial charge is 0.497 e. The van der Waals surface area contributed by atoms with E-state index in [4.69, 9.17) is 9.47 Å². The van der Waals surface area contributed by atoms with Crippen molar-refractivity contribution in [3.05, 3.63) is 59.7 Å². The van der Waals surface area contributed by atoms with Crippen LogP contribution in [-0.4, -0.2) is 43.0 Å². The normalized spacial score (nSPS) is 11.7. The molecule has 6 nitrogen and oxygen atoms in total. The number of methoxy groups -OCH3 is 1. The fourth-order valence-electron chi connectivity index (χ4n) is 3.25. The van der Waals surface area contributed by atoms with Crippen molar-refractivity contribution in [2.45, 2.75) is 46.7 Å². The molecule has 0 bridgehead atoms. The molecule has 168 valence electrons. The summed E-state index contributed by atoms with van der Waals surface area (Å²) in [4.78, 5) is 27.7. The smallest absolute Gasteiger partial charge is 0.261 e. The van der Waals surface area contributed by atoms with E-state index in [9.17, 15) is 9.59 Å². The van der Waals surface area contributed by atoms with Crippen LogP contribution in [0.1, 0.15) is 38.3 Å². The molecule has 0 aliphatic rings. The Balaban J connectivity index is 2.17. The van der Waals surface area contributed by atoms with Crippen molar-refractivity contribution >= 4 is 11.8 Å². The van der Waals surface area contributed by atoms with Gasteiger partial charge in [0.2, 0.25) is 5.91 Å². The van der Waals surface area contributed by atoms with Gasteiger partial charge in [0.25, 0.3) is 5.91 Å². The molecule has 31 heavy (non-hydrogen) atoms. The molecule has 0 fully saturated rings. The maximum absolute atomic E-state index is 13.2. The maximum atomic E-state index is 13.2. The number of hydrogen-bond donors (Lipinski definition) is 1. The van der Waals surface area contributed by atoms with E-state index in [1.165, 1.54) is 0 Å². The highest BCUT2D eigenvalue weighted by atomic mass is 16.5. The Labute approximate surface area is 185 Å². The Morgan fingerprint density at radius 1 is 1.06 bits per heavy atom.